The van der Waals surface area contributed by atoms with Crippen LogP contribution in [0.1, 0.15) is 35.7 Å². The Morgan fingerprint density at radius 1 is 1.13 bits per heavy atom. The summed E-state index contributed by atoms with van der Waals surface area (Å²) in [5.74, 6) is -0.557. The summed E-state index contributed by atoms with van der Waals surface area (Å²) in [6.45, 7) is 1.96. The van der Waals surface area contributed by atoms with Crippen LogP contribution in [0.2, 0.25) is 0 Å². The van der Waals surface area contributed by atoms with Crippen LogP contribution in [-0.4, -0.2) is 29.0 Å². The maximum atomic E-state index is 12.8. The van der Waals surface area contributed by atoms with Gasteiger partial charge in [-0.25, -0.2) is 17.9 Å². The molecule has 0 aliphatic heterocycles. The molecule has 1 aliphatic carbocycles. The van der Waals surface area contributed by atoms with Gasteiger partial charge in [0.15, 0.2) is 0 Å². The van der Waals surface area contributed by atoms with Crippen LogP contribution in [0, 0.1) is 0 Å². The molecule has 3 N–H and O–H groups in total. The van der Waals surface area contributed by atoms with Gasteiger partial charge >= 0.3 is 5.69 Å². The van der Waals surface area contributed by atoms with Gasteiger partial charge in [0.05, 0.1) is 22.3 Å². The van der Waals surface area contributed by atoms with Gasteiger partial charge in [-0.05, 0) is 55.7 Å². The SMILES string of the molecule is Cn1c(=O)c2cc(S(=O)(=O)NC3(C)CC3)ccc2n(Cc2ccc(C(N)=O)cc2)c1=O. The fraction of sp³-hybridized carbons (Fsp3) is 0.286. The van der Waals surface area contributed by atoms with Crippen LogP contribution in [0.5, 0.6) is 0 Å². The molecule has 162 valence electrons. The van der Waals surface area contributed by atoms with Crippen molar-refractivity contribution in [2.45, 2.75) is 36.7 Å². The first-order valence-electron chi connectivity index (χ1n) is 9.67. The number of benzene rings is 2. The quantitative estimate of drug-likeness (QED) is 0.579. The number of sulfonamides is 1. The van der Waals surface area contributed by atoms with E-state index >= 15 is 0 Å². The third-order valence-electron chi connectivity index (χ3n) is 5.58. The van der Waals surface area contributed by atoms with Crippen LogP contribution in [-0.2, 0) is 23.6 Å². The van der Waals surface area contributed by atoms with Gasteiger partial charge in [0, 0.05) is 18.2 Å². The smallest absolute Gasteiger partial charge is 0.331 e. The number of hydrogen-bond donors (Lipinski definition) is 2. The lowest BCUT2D eigenvalue weighted by molar-refractivity contribution is 0.1000. The Kier molecular flexibility index (Phi) is 4.86. The van der Waals surface area contributed by atoms with Crippen molar-refractivity contribution in [1.29, 1.82) is 0 Å². The molecule has 0 radical (unpaired) electrons. The van der Waals surface area contributed by atoms with E-state index in [1.807, 2.05) is 6.92 Å². The zero-order valence-corrected chi connectivity index (χ0v) is 17.9. The molecule has 1 heterocycles. The number of hydrogen-bond acceptors (Lipinski definition) is 5. The van der Waals surface area contributed by atoms with E-state index in [4.69, 9.17) is 5.73 Å². The number of rotatable bonds is 6. The van der Waals surface area contributed by atoms with Gasteiger partial charge in [-0.15, -0.1) is 0 Å². The lowest BCUT2D eigenvalue weighted by atomic mass is 10.1. The maximum absolute atomic E-state index is 12.8. The number of amides is 1. The van der Waals surface area contributed by atoms with E-state index in [-0.39, 0.29) is 16.8 Å². The van der Waals surface area contributed by atoms with Gasteiger partial charge < -0.3 is 5.73 Å². The van der Waals surface area contributed by atoms with Gasteiger partial charge in [0.25, 0.3) is 5.56 Å². The summed E-state index contributed by atoms with van der Waals surface area (Å²) in [6, 6.07) is 10.6. The number of nitrogens with two attached hydrogens (primary N) is 1. The van der Waals surface area contributed by atoms with Crippen LogP contribution in [0.25, 0.3) is 10.9 Å². The zero-order chi connectivity index (χ0) is 22.6. The van der Waals surface area contributed by atoms with Crippen molar-refractivity contribution in [2.75, 3.05) is 0 Å². The van der Waals surface area contributed by atoms with Crippen LogP contribution in [0.3, 0.4) is 0 Å². The summed E-state index contributed by atoms with van der Waals surface area (Å²) in [7, 11) is -2.45. The Bertz CT molecular complexity index is 1430. The summed E-state index contributed by atoms with van der Waals surface area (Å²) in [4.78, 5) is 36.7. The van der Waals surface area contributed by atoms with Crippen LogP contribution < -0.4 is 21.7 Å². The molecule has 4 rings (SSSR count). The van der Waals surface area contributed by atoms with Gasteiger partial charge in [-0.3, -0.25) is 18.7 Å². The molecule has 0 atom stereocenters. The minimum atomic E-state index is -3.80. The Morgan fingerprint density at radius 2 is 1.77 bits per heavy atom. The summed E-state index contributed by atoms with van der Waals surface area (Å²) < 4.78 is 30.5. The number of nitrogens with zero attached hydrogens (tertiary/aromatic N) is 2. The van der Waals surface area contributed by atoms with E-state index in [1.54, 1.807) is 24.3 Å². The Morgan fingerprint density at radius 3 is 2.35 bits per heavy atom. The molecule has 2 aromatic carbocycles. The van der Waals surface area contributed by atoms with Crippen molar-refractivity contribution in [3.63, 3.8) is 0 Å². The summed E-state index contributed by atoms with van der Waals surface area (Å²) >= 11 is 0. The second-order valence-corrected chi connectivity index (χ2v) is 9.82. The fourth-order valence-electron chi connectivity index (χ4n) is 3.42. The number of carbonyl (C=O) groups is 1. The van der Waals surface area contributed by atoms with Crippen molar-refractivity contribution < 1.29 is 13.2 Å². The van der Waals surface area contributed by atoms with Crippen molar-refractivity contribution >= 4 is 26.8 Å². The first-order chi connectivity index (χ1) is 14.5. The predicted octanol–water partition coefficient (Wildman–Crippen LogP) is 0.678. The minimum absolute atomic E-state index is 0.0266. The fourth-order valence-corrected chi connectivity index (χ4v) is 4.91. The first-order valence-corrected chi connectivity index (χ1v) is 11.2. The second kappa shape index (κ2) is 7.17. The third-order valence-corrected chi connectivity index (χ3v) is 7.22. The molecule has 0 unspecified atom stereocenters. The number of nitrogens with one attached hydrogen (secondary N) is 1. The molecule has 0 spiro atoms. The highest BCUT2D eigenvalue weighted by atomic mass is 32.2. The molecular formula is C21H22N4O5S. The van der Waals surface area contributed by atoms with E-state index < -0.39 is 32.7 Å². The molecule has 1 saturated carbocycles. The molecule has 3 aromatic rings. The van der Waals surface area contributed by atoms with E-state index in [1.165, 1.54) is 29.8 Å². The summed E-state index contributed by atoms with van der Waals surface area (Å²) in [6.07, 6.45) is 1.52. The molecule has 0 bridgehead atoms. The monoisotopic (exact) mass is 442 g/mol. The van der Waals surface area contributed by atoms with Gasteiger partial charge in [0.2, 0.25) is 15.9 Å². The topological polar surface area (TPSA) is 133 Å². The van der Waals surface area contributed by atoms with E-state index in [9.17, 15) is 22.8 Å². The van der Waals surface area contributed by atoms with Crippen molar-refractivity contribution in [1.82, 2.24) is 13.9 Å². The molecule has 0 saturated heterocycles. The average Bonchev–Trinajstić information content (AvgIpc) is 3.45. The van der Waals surface area contributed by atoms with E-state index in [0.29, 0.717) is 16.6 Å². The standard InChI is InChI=1S/C21H22N4O5S/c1-21(9-10-21)23-31(29,30)15-7-8-17-16(11-15)19(27)24(2)20(28)25(17)12-13-3-5-14(6-4-13)18(22)26/h3-8,11,23H,9-10,12H2,1-2H3,(H2,22,26). The zero-order valence-electron chi connectivity index (χ0n) is 17.1. The number of fused-ring (bicyclic) bond motifs is 1. The second-order valence-electron chi connectivity index (χ2n) is 8.14. The summed E-state index contributed by atoms with van der Waals surface area (Å²) in [5.41, 5.74) is 5.08. The van der Waals surface area contributed by atoms with Gasteiger partial charge in [-0.2, -0.15) is 0 Å². The highest BCUT2D eigenvalue weighted by molar-refractivity contribution is 7.89. The van der Waals surface area contributed by atoms with Crippen LogP contribution in [0.4, 0.5) is 0 Å². The molecule has 1 amide bonds. The Labute approximate surface area is 178 Å². The van der Waals surface area contributed by atoms with Crippen LogP contribution >= 0.6 is 0 Å². The highest BCUT2D eigenvalue weighted by Crippen LogP contribution is 2.36. The number of primary amides is 1. The lowest BCUT2D eigenvalue weighted by Gasteiger charge is -2.15. The van der Waals surface area contributed by atoms with E-state index in [0.717, 1.165) is 17.4 Å². The van der Waals surface area contributed by atoms with Crippen molar-refractivity contribution in [3.8, 4) is 0 Å². The summed E-state index contributed by atoms with van der Waals surface area (Å²) in [5, 5.41) is 0.125. The maximum Gasteiger partial charge on any atom is 0.331 e. The lowest BCUT2D eigenvalue weighted by Crippen LogP contribution is -2.38. The normalized spacial score (nSPS) is 15.2. The van der Waals surface area contributed by atoms with Gasteiger partial charge in [0.1, 0.15) is 0 Å². The predicted molar refractivity (Wildman–Crippen MR) is 115 cm³/mol. The molecule has 1 aliphatic rings. The third kappa shape index (κ3) is 3.91. The van der Waals surface area contributed by atoms with Crippen molar-refractivity contribution in [2.24, 2.45) is 12.8 Å². The average molecular weight is 442 g/mol. The molecule has 1 aromatic heterocycles. The molecular weight excluding hydrogens is 420 g/mol. The first kappa shape index (κ1) is 21.0. The number of carbonyl (C=O) groups excluding carboxylic acids is 1. The number of aromatic nitrogens is 2. The van der Waals surface area contributed by atoms with E-state index in [2.05, 4.69) is 4.72 Å². The minimum Gasteiger partial charge on any atom is -0.366 e. The highest BCUT2D eigenvalue weighted by Gasteiger charge is 2.41. The largest absolute Gasteiger partial charge is 0.366 e. The van der Waals surface area contributed by atoms with Gasteiger partial charge in [-0.1, -0.05) is 12.1 Å². The van der Waals surface area contributed by atoms with Crippen molar-refractivity contribution in [3.05, 3.63) is 74.4 Å². The Balaban J connectivity index is 1.82. The molecule has 9 nitrogen and oxygen atoms in total. The van der Waals surface area contributed by atoms with Crippen LogP contribution in [0.15, 0.2) is 56.9 Å². The molecule has 10 heteroatoms. The molecule has 1 fully saturated rings. The molecule has 31 heavy (non-hydrogen) atoms. The Hall–Kier alpha value is -3.24.